The lowest BCUT2D eigenvalue weighted by Gasteiger charge is -2.00. The lowest BCUT2D eigenvalue weighted by atomic mass is 10.2. The molecule has 0 fully saturated rings. The van der Waals surface area contributed by atoms with Crippen LogP contribution < -0.4 is 0 Å². The Hall–Kier alpha value is -1.69. The molecule has 0 aliphatic heterocycles. The summed E-state index contributed by atoms with van der Waals surface area (Å²) >= 11 is 3.20. The van der Waals surface area contributed by atoms with E-state index < -0.39 is 4.92 Å². The molecule has 0 unspecified atom stereocenters. The molecule has 1 N–H and O–H groups in total. The van der Waals surface area contributed by atoms with E-state index in [1.165, 1.54) is 12.3 Å². The molecule has 1 aromatic carbocycles. The standard InChI is InChI=1S/C9H5BrN2O3/c10-6-1-5-2-7(12(14)15)3-8(13)9(5)11-4-6/h1-4,13H. The first-order chi connectivity index (χ1) is 7.08. The van der Waals surface area contributed by atoms with E-state index in [1.54, 1.807) is 6.07 Å². The van der Waals surface area contributed by atoms with E-state index in [4.69, 9.17) is 0 Å². The highest BCUT2D eigenvalue weighted by molar-refractivity contribution is 9.10. The van der Waals surface area contributed by atoms with Crippen molar-refractivity contribution in [2.24, 2.45) is 0 Å². The van der Waals surface area contributed by atoms with E-state index in [0.717, 1.165) is 6.07 Å². The first-order valence-electron chi connectivity index (χ1n) is 4.00. The maximum atomic E-state index is 10.5. The molecule has 1 aromatic heterocycles. The fourth-order valence-corrected chi connectivity index (χ4v) is 1.64. The van der Waals surface area contributed by atoms with E-state index in [9.17, 15) is 15.2 Å². The molecule has 0 aliphatic carbocycles. The van der Waals surface area contributed by atoms with Gasteiger partial charge < -0.3 is 5.11 Å². The lowest BCUT2D eigenvalue weighted by Crippen LogP contribution is -1.89. The third kappa shape index (κ3) is 1.75. The minimum absolute atomic E-state index is 0.153. The number of nitrogens with zero attached hydrogens (tertiary/aromatic N) is 2. The van der Waals surface area contributed by atoms with Crippen LogP contribution in [0.2, 0.25) is 0 Å². The summed E-state index contributed by atoms with van der Waals surface area (Å²) < 4.78 is 0.704. The van der Waals surface area contributed by atoms with Crippen molar-refractivity contribution in [2.75, 3.05) is 0 Å². The second-order valence-electron chi connectivity index (χ2n) is 2.95. The van der Waals surface area contributed by atoms with Crippen molar-refractivity contribution in [3.8, 4) is 5.75 Å². The van der Waals surface area contributed by atoms with Gasteiger partial charge in [0, 0.05) is 22.1 Å². The maximum absolute atomic E-state index is 10.5. The zero-order valence-electron chi connectivity index (χ0n) is 7.35. The minimum atomic E-state index is -0.555. The number of hydrogen-bond donors (Lipinski definition) is 1. The number of phenolic OH excluding ortho intramolecular Hbond substituents is 1. The van der Waals surface area contributed by atoms with Gasteiger partial charge in [0.1, 0.15) is 11.3 Å². The molecule has 0 atom stereocenters. The zero-order valence-corrected chi connectivity index (χ0v) is 8.93. The topological polar surface area (TPSA) is 76.3 Å². The van der Waals surface area contributed by atoms with Gasteiger partial charge in [0.15, 0.2) is 0 Å². The molecule has 0 radical (unpaired) electrons. The fourth-order valence-electron chi connectivity index (χ4n) is 1.29. The van der Waals surface area contributed by atoms with Gasteiger partial charge in [-0.05, 0) is 22.0 Å². The summed E-state index contributed by atoms with van der Waals surface area (Å²) in [7, 11) is 0. The molecular formula is C9H5BrN2O3. The normalized spacial score (nSPS) is 10.5. The number of nitro groups is 1. The number of aromatic nitrogens is 1. The van der Waals surface area contributed by atoms with Crippen molar-refractivity contribution in [3.63, 3.8) is 0 Å². The average Bonchev–Trinajstić information content (AvgIpc) is 2.16. The number of nitro benzene ring substituents is 1. The van der Waals surface area contributed by atoms with Gasteiger partial charge in [-0.25, -0.2) is 0 Å². The number of rotatable bonds is 1. The molecule has 0 saturated carbocycles. The van der Waals surface area contributed by atoms with Crippen molar-refractivity contribution in [1.82, 2.24) is 4.98 Å². The van der Waals surface area contributed by atoms with Crippen molar-refractivity contribution in [3.05, 3.63) is 39.0 Å². The Morgan fingerprint density at radius 2 is 2.13 bits per heavy atom. The van der Waals surface area contributed by atoms with Crippen LogP contribution in [0.3, 0.4) is 0 Å². The number of phenols is 1. The third-order valence-electron chi connectivity index (χ3n) is 1.93. The van der Waals surface area contributed by atoms with Crippen LogP contribution >= 0.6 is 15.9 Å². The Kier molecular flexibility index (Phi) is 2.28. The van der Waals surface area contributed by atoms with Crippen LogP contribution in [0.15, 0.2) is 28.9 Å². The van der Waals surface area contributed by atoms with E-state index in [1.807, 2.05) is 0 Å². The van der Waals surface area contributed by atoms with Gasteiger partial charge in [-0.15, -0.1) is 0 Å². The molecule has 15 heavy (non-hydrogen) atoms. The van der Waals surface area contributed by atoms with E-state index in [0.29, 0.717) is 15.4 Å². The van der Waals surface area contributed by atoms with Gasteiger partial charge in [0.2, 0.25) is 0 Å². The van der Waals surface area contributed by atoms with Crippen LogP contribution in [0.4, 0.5) is 5.69 Å². The fraction of sp³-hybridized carbons (Fsp3) is 0. The number of halogens is 1. The third-order valence-corrected chi connectivity index (χ3v) is 2.36. The summed E-state index contributed by atoms with van der Waals surface area (Å²) in [6.45, 7) is 0. The van der Waals surface area contributed by atoms with Gasteiger partial charge in [0.05, 0.1) is 11.0 Å². The van der Waals surface area contributed by atoms with Crippen molar-refractivity contribution in [1.29, 1.82) is 0 Å². The van der Waals surface area contributed by atoms with Crippen LogP contribution in [0.5, 0.6) is 5.75 Å². The number of benzene rings is 1. The molecule has 2 aromatic rings. The lowest BCUT2D eigenvalue weighted by molar-refractivity contribution is -0.384. The van der Waals surface area contributed by atoms with Crippen LogP contribution in [0.1, 0.15) is 0 Å². The Bertz CT molecular complexity index is 556. The Labute approximate surface area is 92.6 Å². The smallest absolute Gasteiger partial charge is 0.273 e. The van der Waals surface area contributed by atoms with Crippen LogP contribution in [-0.2, 0) is 0 Å². The number of pyridine rings is 1. The molecule has 5 nitrogen and oxygen atoms in total. The van der Waals surface area contributed by atoms with Crippen LogP contribution in [0, 0.1) is 10.1 Å². The van der Waals surface area contributed by atoms with Crippen LogP contribution in [0.25, 0.3) is 10.9 Å². The zero-order chi connectivity index (χ0) is 11.0. The quantitative estimate of drug-likeness (QED) is 0.637. The molecule has 0 spiro atoms. The van der Waals surface area contributed by atoms with Crippen molar-refractivity contribution >= 4 is 32.5 Å². The summed E-state index contributed by atoms with van der Waals surface area (Å²) in [6, 6.07) is 4.12. The molecule has 2 rings (SSSR count). The summed E-state index contributed by atoms with van der Waals surface area (Å²) in [4.78, 5) is 13.9. The predicted octanol–water partition coefficient (Wildman–Crippen LogP) is 2.61. The molecule has 0 bridgehead atoms. The van der Waals surface area contributed by atoms with E-state index in [2.05, 4.69) is 20.9 Å². The SMILES string of the molecule is O=[N+]([O-])c1cc(O)c2ncc(Br)cc2c1. The molecule has 0 aliphatic rings. The minimum Gasteiger partial charge on any atom is -0.505 e. The van der Waals surface area contributed by atoms with Crippen molar-refractivity contribution in [2.45, 2.75) is 0 Å². The van der Waals surface area contributed by atoms with Gasteiger partial charge in [-0.1, -0.05) is 0 Å². The Morgan fingerprint density at radius 1 is 1.40 bits per heavy atom. The van der Waals surface area contributed by atoms with Gasteiger partial charge in [-0.2, -0.15) is 0 Å². The number of fused-ring (bicyclic) bond motifs is 1. The largest absolute Gasteiger partial charge is 0.505 e. The Balaban J connectivity index is 2.79. The number of aromatic hydroxyl groups is 1. The van der Waals surface area contributed by atoms with Gasteiger partial charge in [-0.3, -0.25) is 15.1 Å². The monoisotopic (exact) mass is 268 g/mol. The molecule has 0 amide bonds. The highest BCUT2D eigenvalue weighted by Crippen LogP contribution is 2.29. The van der Waals surface area contributed by atoms with Gasteiger partial charge >= 0.3 is 0 Å². The number of hydrogen-bond acceptors (Lipinski definition) is 4. The Morgan fingerprint density at radius 3 is 2.80 bits per heavy atom. The van der Waals surface area contributed by atoms with Crippen LogP contribution in [-0.4, -0.2) is 15.0 Å². The molecule has 1 heterocycles. The molecule has 0 saturated heterocycles. The summed E-state index contributed by atoms with van der Waals surface area (Å²) in [6.07, 6.45) is 1.52. The molecular weight excluding hydrogens is 264 g/mol. The first kappa shape index (κ1) is 9.85. The highest BCUT2D eigenvalue weighted by atomic mass is 79.9. The average molecular weight is 269 g/mol. The molecule has 6 heteroatoms. The second kappa shape index (κ2) is 3.47. The second-order valence-corrected chi connectivity index (χ2v) is 3.86. The predicted molar refractivity (Wildman–Crippen MR) is 57.8 cm³/mol. The maximum Gasteiger partial charge on any atom is 0.273 e. The van der Waals surface area contributed by atoms with Crippen molar-refractivity contribution < 1.29 is 10.0 Å². The number of non-ortho nitro benzene ring substituents is 1. The summed E-state index contributed by atoms with van der Waals surface area (Å²) in [5, 5.41) is 20.6. The summed E-state index contributed by atoms with van der Waals surface area (Å²) in [5.74, 6) is -0.188. The first-order valence-corrected chi connectivity index (χ1v) is 4.80. The van der Waals surface area contributed by atoms with Gasteiger partial charge in [0.25, 0.3) is 5.69 Å². The molecule has 76 valence electrons. The summed E-state index contributed by atoms with van der Waals surface area (Å²) in [5.41, 5.74) is 0.198. The van der Waals surface area contributed by atoms with E-state index >= 15 is 0 Å². The van der Waals surface area contributed by atoms with E-state index in [-0.39, 0.29) is 11.4 Å². The highest BCUT2D eigenvalue weighted by Gasteiger charge is 2.11.